The third-order valence-electron chi connectivity index (χ3n) is 19.1. The minimum atomic E-state index is -0.477. The van der Waals surface area contributed by atoms with Crippen molar-refractivity contribution in [3.05, 3.63) is 294 Å². The molecule has 6 aliphatic carbocycles. The molecule has 0 unspecified atom stereocenters. The van der Waals surface area contributed by atoms with Crippen molar-refractivity contribution in [1.82, 2.24) is 0 Å². The molecule has 0 radical (unpaired) electrons. The van der Waals surface area contributed by atoms with Crippen molar-refractivity contribution in [3.63, 3.8) is 0 Å². The highest BCUT2D eigenvalue weighted by Crippen LogP contribution is 2.71. The van der Waals surface area contributed by atoms with Crippen LogP contribution >= 0.6 is 0 Å². The summed E-state index contributed by atoms with van der Waals surface area (Å²) in [4.78, 5) is 2.53. The molecule has 17 rings (SSSR count). The van der Waals surface area contributed by atoms with Gasteiger partial charge in [-0.1, -0.05) is 206 Å². The van der Waals surface area contributed by atoms with Crippen LogP contribution in [-0.2, 0) is 10.8 Å². The van der Waals surface area contributed by atoms with Gasteiger partial charge in [0.05, 0.1) is 5.41 Å². The molecule has 11 aromatic carbocycles. The summed E-state index contributed by atoms with van der Waals surface area (Å²) in [6.45, 7) is 0. The zero-order chi connectivity index (χ0) is 50.0. The predicted molar refractivity (Wildman–Crippen MR) is 316 cm³/mol. The van der Waals surface area contributed by atoms with E-state index < -0.39 is 5.41 Å². The van der Waals surface area contributed by atoms with Gasteiger partial charge in [-0.25, -0.2) is 0 Å². The van der Waals surface area contributed by atoms with Gasteiger partial charge in [0.25, 0.3) is 0 Å². The Morgan fingerprint density at radius 1 is 0.289 bits per heavy atom. The van der Waals surface area contributed by atoms with Crippen molar-refractivity contribution >= 4 is 27.8 Å². The van der Waals surface area contributed by atoms with E-state index in [4.69, 9.17) is 0 Å². The summed E-state index contributed by atoms with van der Waals surface area (Å²) in [5, 5.41) is 2.50. The van der Waals surface area contributed by atoms with E-state index in [1.165, 1.54) is 132 Å². The van der Waals surface area contributed by atoms with Gasteiger partial charge in [0.1, 0.15) is 0 Å². The van der Waals surface area contributed by atoms with Crippen molar-refractivity contribution in [1.29, 1.82) is 0 Å². The first-order valence-corrected chi connectivity index (χ1v) is 27.8. The fourth-order valence-electron chi connectivity index (χ4n) is 16.3. The van der Waals surface area contributed by atoms with Crippen LogP contribution in [0, 0.1) is 23.7 Å². The first-order chi connectivity index (χ1) is 37.6. The molecule has 6 aliphatic rings. The Labute approximate surface area is 446 Å². The number of hydrogen-bond acceptors (Lipinski definition) is 1. The van der Waals surface area contributed by atoms with Crippen molar-refractivity contribution in [2.45, 2.75) is 42.9 Å². The second-order valence-corrected chi connectivity index (χ2v) is 22.8. The van der Waals surface area contributed by atoms with Gasteiger partial charge < -0.3 is 4.90 Å². The zero-order valence-corrected chi connectivity index (χ0v) is 42.6. The van der Waals surface area contributed by atoms with E-state index in [1.54, 1.807) is 11.1 Å². The summed E-state index contributed by atoms with van der Waals surface area (Å²) in [6, 6.07) is 99.2. The molecule has 4 bridgehead atoms. The van der Waals surface area contributed by atoms with E-state index in [1.807, 2.05) is 0 Å². The molecule has 1 heteroatoms. The van der Waals surface area contributed by atoms with Crippen molar-refractivity contribution in [2.75, 3.05) is 4.90 Å². The lowest BCUT2D eigenvalue weighted by Crippen LogP contribution is -2.55. The van der Waals surface area contributed by atoms with Crippen LogP contribution in [0.25, 0.3) is 66.4 Å². The maximum Gasteiger partial charge on any atom is 0.0713 e. The highest BCUT2D eigenvalue weighted by molar-refractivity contribution is 5.97. The highest BCUT2D eigenvalue weighted by Gasteiger charge is 2.62. The lowest BCUT2D eigenvalue weighted by molar-refractivity contribution is -0.0397. The smallest absolute Gasteiger partial charge is 0.0713 e. The number of benzene rings is 11. The molecule has 76 heavy (non-hydrogen) atoms. The monoisotopic (exact) mass is 971 g/mol. The Hall–Kier alpha value is -8.52. The molecule has 4 fully saturated rings. The third kappa shape index (κ3) is 6.39. The average Bonchev–Trinajstić information content (AvgIpc) is 4.18. The molecule has 1 spiro atoms. The van der Waals surface area contributed by atoms with E-state index in [-0.39, 0.29) is 5.41 Å². The van der Waals surface area contributed by atoms with Crippen LogP contribution in [0.1, 0.15) is 65.5 Å². The van der Waals surface area contributed by atoms with Crippen LogP contribution in [-0.4, -0.2) is 0 Å². The van der Waals surface area contributed by atoms with E-state index in [0.29, 0.717) is 11.8 Å². The fourth-order valence-corrected chi connectivity index (χ4v) is 16.3. The van der Waals surface area contributed by atoms with E-state index in [9.17, 15) is 0 Å². The summed E-state index contributed by atoms with van der Waals surface area (Å²) < 4.78 is 0. The van der Waals surface area contributed by atoms with Crippen LogP contribution in [0.4, 0.5) is 17.1 Å². The summed E-state index contributed by atoms with van der Waals surface area (Å²) in [6.07, 6.45) is 6.67. The Morgan fingerprint density at radius 3 is 1.49 bits per heavy atom. The molecule has 0 aliphatic heterocycles. The van der Waals surface area contributed by atoms with Crippen LogP contribution < -0.4 is 4.90 Å². The zero-order valence-electron chi connectivity index (χ0n) is 42.6. The van der Waals surface area contributed by atoms with Gasteiger partial charge in [0.2, 0.25) is 0 Å². The maximum absolute atomic E-state index is 2.67. The summed E-state index contributed by atoms with van der Waals surface area (Å²) >= 11 is 0. The number of nitrogens with zero attached hydrogens (tertiary/aromatic N) is 1. The van der Waals surface area contributed by atoms with Gasteiger partial charge in [0.15, 0.2) is 0 Å². The Morgan fingerprint density at radius 2 is 0.789 bits per heavy atom. The van der Waals surface area contributed by atoms with Crippen LogP contribution in [0.3, 0.4) is 0 Å². The standard InChI is InChI=1S/C75H57N/c1-5-17-51(18-6-1)53-29-33-62(34-30-53)76(63-35-31-52-19-13-14-22-55(52)44-63)64-36-38-67-69-46-57(45-68(54-20-7-2-8-21-54)73(69)75(72(67)48-64)60-40-49-39-50(42-60)43-61(75)41-49)56-32-37-66-65-27-15-16-28-70(65)74(71(66)47-56,58-23-9-3-10-24-58)59-25-11-4-12-26-59/h1-38,44-50,60-61H,39-43H2. The number of rotatable bonds is 8. The summed E-state index contributed by atoms with van der Waals surface area (Å²) in [5.41, 5.74) is 24.6. The van der Waals surface area contributed by atoms with Gasteiger partial charge in [-0.15, -0.1) is 0 Å². The minimum Gasteiger partial charge on any atom is -0.310 e. The van der Waals surface area contributed by atoms with E-state index >= 15 is 0 Å². The van der Waals surface area contributed by atoms with Crippen LogP contribution in [0.15, 0.2) is 261 Å². The molecule has 11 aromatic rings. The van der Waals surface area contributed by atoms with Crippen molar-refractivity contribution in [2.24, 2.45) is 23.7 Å². The van der Waals surface area contributed by atoms with Crippen molar-refractivity contribution < 1.29 is 0 Å². The second kappa shape index (κ2) is 17.0. The SMILES string of the molecule is c1ccc(-c2ccc(N(c3ccc4c(c3)C3(c5c(-c6ccccc6)cc(-c6ccc7c(c6)C(c6ccccc6)(c6ccccc6)c6ccccc6-7)cc5-4)C4CC5CC(C4)CC3C5)c3ccc4ccccc4c3)cc2)cc1. The number of hydrogen-bond donors (Lipinski definition) is 0. The van der Waals surface area contributed by atoms with Gasteiger partial charge in [-0.2, -0.15) is 0 Å². The molecular formula is C75H57N. The minimum absolute atomic E-state index is 0.0978. The van der Waals surface area contributed by atoms with E-state index in [2.05, 4.69) is 266 Å². The van der Waals surface area contributed by atoms with E-state index in [0.717, 1.165) is 17.5 Å². The third-order valence-corrected chi connectivity index (χ3v) is 19.1. The molecule has 4 saturated carbocycles. The summed E-state index contributed by atoms with van der Waals surface area (Å²) in [7, 11) is 0. The molecule has 0 atom stereocenters. The lowest BCUT2D eigenvalue weighted by atomic mass is 9.42. The molecule has 0 aromatic heterocycles. The summed E-state index contributed by atoms with van der Waals surface area (Å²) in [5.74, 6) is 2.82. The van der Waals surface area contributed by atoms with Gasteiger partial charge in [0, 0.05) is 22.5 Å². The Bertz CT molecular complexity index is 3970. The van der Waals surface area contributed by atoms with Gasteiger partial charge in [-0.05, 0) is 210 Å². The number of fused-ring (bicyclic) bond motifs is 7. The fraction of sp³-hybridized carbons (Fsp3) is 0.147. The maximum atomic E-state index is 2.67. The number of anilines is 3. The van der Waals surface area contributed by atoms with Gasteiger partial charge >= 0.3 is 0 Å². The molecule has 0 saturated heterocycles. The molecule has 0 N–H and O–H groups in total. The van der Waals surface area contributed by atoms with Gasteiger partial charge in [-0.3, -0.25) is 0 Å². The molecule has 0 heterocycles. The van der Waals surface area contributed by atoms with Crippen LogP contribution in [0.2, 0.25) is 0 Å². The quantitative estimate of drug-likeness (QED) is 0.147. The topological polar surface area (TPSA) is 3.24 Å². The molecule has 1 nitrogen and oxygen atoms in total. The second-order valence-electron chi connectivity index (χ2n) is 22.8. The highest BCUT2D eigenvalue weighted by atomic mass is 15.1. The lowest BCUT2D eigenvalue weighted by Gasteiger charge is -2.61. The largest absolute Gasteiger partial charge is 0.310 e. The van der Waals surface area contributed by atoms with Crippen LogP contribution in [0.5, 0.6) is 0 Å². The molecule has 0 amide bonds. The molecular weight excluding hydrogens is 915 g/mol. The Kier molecular flexibility index (Phi) is 9.81. The molecule has 362 valence electrons. The normalized spacial score (nSPS) is 20.8. The van der Waals surface area contributed by atoms with Crippen molar-refractivity contribution in [3.8, 4) is 55.6 Å². The first-order valence-electron chi connectivity index (χ1n) is 27.8. The Balaban J connectivity index is 0.930. The predicted octanol–water partition coefficient (Wildman–Crippen LogP) is 19.4. The average molecular weight is 972 g/mol. The first kappa shape index (κ1) is 43.8.